The van der Waals surface area contributed by atoms with Gasteiger partial charge in [0.05, 0.1) is 0 Å². The maximum absolute atomic E-state index is 13.2. The van der Waals surface area contributed by atoms with Gasteiger partial charge in [-0.25, -0.2) is 4.39 Å². The molecular weight excluding hydrogens is 259 g/mol. The number of likely N-dealkylation sites (tertiary alicyclic amines) is 1. The molecule has 1 aliphatic rings. The molecule has 2 amide bonds. The maximum Gasteiger partial charge on any atom is 0.254 e. The molecule has 20 heavy (non-hydrogen) atoms. The number of benzene rings is 1. The number of nitrogens with one attached hydrogen (secondary N) is 1. The summed E-state index contributed by atoms with van der Waals surface area (Å²) in [4.78, 5) is 26.1. The van der Waals surface area contributed by atoms with Gasteiger partial charge in [0, 0.05) is 18.2 Å². The van der Waals surface area contributed by atoms with E-state index in [-0.39, 0.29) is 23.4 Å². The van der Waals surface area contributed by atoms with Gasteiger partial charge < -0.3 is 10.2 Å². The zero-order chi connectivity index (χ0) is 14.9. The molecule has 1 heterocycles. The van der Waals surface area contributed by atoms with Crippen LogP contribution in [0.25, 0.3) is 0 Å². The fourth-order valence-electron chi connectivity index (χ4n) is 2.32. The quantitative estimate of drug-likeness (QED) is 0.918. The monoisotopic (exact) mass is 278 g/mol. The average molecular weight is 278 g/mol. The van der Waals surface area contributed by atoms with Crippen LogP contribution in [0.15, 0.2) is 24.3 Å². The van der Waals surface area contributed by atoms with Crippen molar-refractivity contribution in [2.75, 3.05) is 6.54 Å². The number of rotatable bonds is 3. The van der Waals surface area contributed by atoms with E-state index in [0.29, 0.717) is 13.0 Å². The summed E-state index contributed by atoms with van der Waals surface area (Å²) >= 11 is 0. The highest BCUT2D eigenvalue weighted by Gasteiger charge is 2.49. The van der Waals surface area contributed by atoms with Crippen molar-refractivity contribution in [2.24, 2.45) is 0 Å². The van der Waals surface area contributed by atoms with Gasteiger partial charge in [-0.05, 0) is 45.4 Å². The highest BCUT2D eigenvalue weighted by Crippen LogP contribution is 2.32. The second-order valence-electron chi connectivity index (χ2n) is 5.62. The molecule has 1 aromatic rings. The average Bonchev–Trinajstić information content (AvgIpc) is 2.35. The molecule has 108 valence electrons. The third kappa shape index (κ3) is 2.53. The van der Waals surface area contributed by atoms with Crippen molar-refractivity contribution in [3.8, 4) is 0 Å². The van der Waals surface area contributed by atoms with Crippen LogP contribution < -0.4 is 5.32 Å². The molecule has 1 aromatic carbocycles. The Labute approximate surface area is 118 Å². The first kappa shape index (κ1) is 14.5. The Hall–Kier alpha value is -1.91. The van der Waals surface area contributed by atoms with Crippen LogP contribution in [0.2, 0.25) is 0 Å². The van der Waals surface area contributed by atoms with Crippen LogP contribution in [-0.2, 0) is 4.79 Å². The van der Waals surface area contributed by atoms with Crippen LogP contribution >= 0.6 is 0 Å². The fraction of sp³-hybridized carbons (Fsp3) is 0.467. The standard InChI is InChI=1S/C15H19FN2O2/c1-10(2)17-14(20)15(3)7-8-18(15)13(19)11-5-4-6-12(16)9-11/h4-6,9-10H,7-8H2,1-3H3,(H,17,20). The summed E-state index contributed by atoms with van der Waals surface area (Å²) in [6.07, 6.45) is 0.618. The Morgan fingerprint density at radius 2 is 2.10 bits per heavy atom. The molecule has 1 unspecified atom stereocenters. The second kappa shape index (κ2) is 5.23. The largest absolute Gasteiger partial charge is 0.352 e. The zero-order valence-electron chi connectivity index (χ0n) is 11.9. The lowest BCUT2D eigenvalue weighted by molar-refractivity contribution is -0.138. The van der Waals surface area contributed by atoms with Crippen molar-refractivity contribution in [3.05, 3.63) is 35.6 Å². The molecule has 1 N–H and O–H groups in total. The Kier molecular flexibility index (Phi) is 3.79. The van der Waals surface area contributed by atoms with Crippen LogP contribution in [0.4, 0.5) is 4.39 Å². The smallest absolute Gasteiger partial charge is 0.254 e. The molecule has 1 fully saturated rings. The van der Waals surface area contributed by atoms with Crippen molar-refractivity contribution in [1.29, 1.82) is 0 Å². The summed E-state index contributed by atoms with van der Waals surface area (Å²) in [5.74, 6) is -0.926. The Balaban J connectivity index is 2.17. The summed E-state index contributed by atoms with van der Waals surface area (Å²) in [7, 11) is 0. The predicted molar refractivity (Wildman–Crippen MR) is 73.7 cm³/mol. The molecule has 0 saturated carbocycles. The summed E-state index contributed by atoms with van der Waals surface area (Å²) in [5.41, 5.74) is -0.568. The lowest BCUT2D eigenvalue weighted by Gasteiger charge is -2.49. The van der Waals surface area contributed by atoms with E-state index in [0.717, 1.165) is 0 Å². The van der Waals surface area contributed by atoms with Gasteiger partial charge in [-0.15, -0.1) is 0 Å². The first-order valence-electron chi connectivity index (χ1n) is 6.73. The summed E-state index contributed by atoms with van der Waals surface area (Å²) in [6, 6.07) is 5.56. The highest BCUT2D eigenvalue weighted by molar-refractivity contribution is 6.00. The zero-order valence-corrected chi connectivity index (χ0v) is 11.9. The maximum atomic E-state index is 13.2. The predicted octanol–water partition coefficient (Wildman–Crippen LogP) is 1.95. The van der Waals surface area contributed by atoms with Crippen LogP contribution in [0.3, 0.4) is 0 Å². The molecule has 5 heteroatoms. The number of carbonyl (C=O) groups excluding carboxylic acids is 2. The minimum absolute atomic E-state index is 0.0195. The molecule has 0 radical (unpaired) electrons. The molecule has 0 spiro atoms. The van der Waals surface area contributed by atoms with Gasteiger partial charge in [0.1, 0.15) is 11.4 Å². The summed E-state index contributed by atoms with van der Waals surface area (Å²) in [5, 5.41) is 2.83. The topological polar surface area (TPSA) is 49.4 Å². The number of amides is 2. The molecule has 1 aliphatic heterocycles. The van der Waals surface area contributed by atoms with Gasteiger partial charge in [-0.2, -0.15) is 0 Å². The van der Waals surface area contributed by atoms with Crippen molar-refractivity contribution in [1.82, 2.24) is 10.2 Å². The lowest BCUT2D eigenvalue weighted by Crippen LogP contribution is -2.67. The molecule has 0 aliphatic carbocycles. The van der Waals surface area contributed by atoms with Gasteiger partial charge >= 0.3 is 0 Å². The van der Waals surface area contributed by atoms with Crippen molar-refractivity contribution < 1.29 is 14.0 Å². The van der Waals surface area contributed by atoms with E-state index in [4.69, 9.17) is 0 Å². The van der Waals surface area contributed by atoms with Gasteiger partial charge in [-0.3, -0.25) is 9.59 Å². The first-order valence-corrected chi connectivity index (χ1v) is 6.73. The summed E-state index contributed by atoms with van der Waals surface area (Å²) in [6.45, 7) is 6.00. The SMILES string of the molecule is CC(C)NC(=O)C1(C)CCN1C(=O)c1cccc(F)c1. The third-order valence-corrected chi connectivity index (χ3v) is 3.64. The van der Waals surface area contributed by atoms with Crippen LogP contribution in [0, 0.1) is 5.82 Å². The van der Waals surface area contributed by atoms with Gasteiger partial charge in [0.15, 0.2) is 0 Å². The number of carbonyl (C=O) groups is 2. The van der Waals surface area contributed by atoms with E-state index in [1.807, 2.05) is 13.8 Å². The molecule has 1 saturated heterocycles. The van der Waals surface area contributed by atoms with Gasteiger partial charge in [-0.1, -0.05) is 6.07 Å². The van der Waals surface area contributed by atoms with E-state index in [1.165, 1.54) is 23.1 Å². The van der Waals surface area contributed by atoms with Crippen molar-refractivity contribution in [2.45, 2.75) is 38.8 Å². The Morgan fingerprint density at radius 3 is 2.60 bits per heavy atom. The van der Waals surface area contributed by atoms with Crippen LogP contribution in [0.5, 0.6) is 0 Å². The normalized spacial score (nSPS) is 21.6. The number of nitrogens with zero attached hydrogens (tertiary/aromatic N) is 1. The molecule has 2 rings (SSSR count). The van der Waals surface area contributed by atoms with Crippen molar-refractivity contribution >= 4 is 11.8 Å². The number of hydrogen-bond acceptors (Lipinski definition) is 2. The van der Waals surface area contributed by atoms with E-state index < -0.39 is 11.4 Å². The molecule has 0 bridgehead atoms. The van der Waals surface area contributed by atoms with E-state index in [9.17, 15) is 14.0 Å². The van der Waals surface area contributed by atoms with Crippen molar-refractivity contribution in [3.63, 3.8) is 0 Å². The second-order valence-corrected chi connectivity index (χ2v) is 5.62. The molecule has 0 aromatic heterocycles. The van der Waals surface area contributed by atoms with E-state index in [1.54, 1.807) is 13.0 Å². The minimum atomic E-state index is -0.840. The van der Waals surface area contributed by atoms with Gasteiger partial charge in [0.2, 0.25) is 5.91 Å². The lowest BCUT2D eigenvalue weighted by atomic mass is 9.84. The molecular formula is C15H19FN2O2. The first-order chi connectivity index (χ1) is 9.34. The number of halogens is 1. The van der Waals surface area contributed by atoms with Crippen LogP contribution in [0.1, 0.15) is 37.6 Å². The summed E-state index contributed by atoms with van der Waals surface area (Å²) < 4.78 is 13.2. The highest BCUT2D eigenvalue weighted by atomic mass is 19.1. The molecule has 1 atom stereocenters. The minimum Gasteiger partial charge on any atom is -0.352 e. The van der Waals surface area contributed by atoms with Crippen LogP contribution in [-0.4, -0.2) is 34.8 Å². The van der Waals surface area contributed by atoms with E-state index >= 15 is 0 Å². The Morgan fingerprint density at radius 1 is 1.40 bits per heavy atom. The number of hydrogen-bond donors (Lipinski definition) is 1. The Bertz CT molecular complexity index is 544. The van der Waals surface area contributed by atoms with Gasteiger partial charge in [0.25, 0.3) is 5.91 Å². The fourth-order valence-corrected chi connectivity index (χ4v) is 2.32. The van der Waals surface area contributed by atoms with E-state index in [2.05, 4.69) is 5.32 Å². The third-order valence-electron chi connectivity index (χ3n) is 3.64. The molecule has 4 nitrogen and oxygen atoms in total.